The SMILES string of the molecule is COC(=O)C(C)(C)c1ncc(Cl)cc1Br. The van der Waals surface area contributed by atoms with Gasteiger partial charge < -0.3 is 4.74 Å². The van der Waals surface area contributed by atoms with Crippen molar-refractivity contribution in [3.8, 4) is 0 Å². The quantitative estimate of drug-likeness (QED) is 0.787. The van der Waals surface area contributed by atoms with E-state index < -0.39 is 5.41 Å². The molecular formula is C10H11BrClNO2. The number of esters is 1. The molecule has 1 aromatic rings. The Kier molecular flexibility index (Phi) is 3.73. The Morgan fingerprint density at radius 2 is 2.20 bits per heavy atom. The van der Waals surface area contributed by atoms with Gasteiger partial charge in [-0.2, -0.15) is 0 Å². The monoisotopic (exact) mass is 291 g/mol. The molecule has 1 rings (SSSR count). The van der Waals surface area contributed by atoms with Crippen LogP contribution in [0.4, 0.5) is 0 Å². The van der Waals surface area contributed by atoms with Crippen LogP contribution in [-0.2, 0) is 14.9 Å². The summed E-state index contributed by atoms with van der Waals surface area (Å²) in [5.74, 6) is -0.335. The predicted octanol–water partition coefficient (Wildman–Crippen LogP) is 2.95. The van der Waals surface area contributed by atoms with E-state index in [0.29, 0.717) is 15.2 Å². The van der Waals surface area contributed by atoms with Crippen molar-refractivity contribution in [2.24, 2.45) is 0 Å². The molecule has 3 nitrogen and oxygen atoms in total. The standard InChI is InChI=1S/C10H11BrClNO2/c1-10(2,9(14)15-3)8-7(11)4-6(12)5-13-8/h4-5H,1-3H3. The van der Waals surface area contributed by atoms with Crippen molar-refractivity contribution in [3.63, 3.8) is 0 Å². The summed E-state index contributed by atoms with van der Waals surface area (Å²) in [5, 5.41) is 0.520. The predicted molar refractivity (Wildman–Crippen MR) is 62.0 cm³/mol. The number of pyridine rings is 1. The van der Waals surface area contributed by atoms with Crippen molar-refractivity contribution < 1.29 is 9.53 Å². The van der Waals surface area contributed by atoms with Crippen LogP contribution >= 0.6 is 27.5 Å². The summed E-state index contributed by atoms with van der Waals surface area (Å²) in [6.07, 6.45) is 1.51. The number of ether oxygens (including phenoxy) is 1. The summed E-state index contributed by atoms with van der Waals surface area (Å²) in [7, 11) is 1.36. The van der Waals surface area contributed by atoms with E-state index >= 15 is 0 Å². The second kappa shape index (κ2) is 4.49. The first-order chi connectivity index (χ1) is 6.89. The molecule has 0 fully saturated rings. The number of carbonyl (C=O) groups excluding carboxylic acids is 1. The molecule has 0 amide bonds. The molecule has 0 saturated heterocycles. The first-order valence-corrected chi connectivity index (χ1v) is 5.46. The second-order valence-electron chi connectivity index (χ2n) is 3.60. The van der Waals surface area contributed by atoms with E-state index in [4.69, 9.17) is 16.3 Å². The van der Waals surface area contributed by atoms with Crippen molar-refractivity contribution in [1.82, 2.24) is 4.98 Å². The van der Waals surface area contributed by atoms with E-state index in [1.165, 1.54) is 13.3 Å². The fraction of sp³-hybridized carbons (Fsp3) is 0.400. The number of halogens is 2. The number of hydrogen-bond acceptors (Lipinski definition) is 3. The van der Waals surface area contributed by atoms with E-state index in [0.717, 1.165) is 0 Å². The zero-order valence-corrected chi connectivity index (χ0v) is 11.0. The molecule has 0 aliphatic rings. The average molecular weight is 293 g/mol. The Hall–Kier alpha value is -0.610. The van der Waals surface area contributed by atoms with Gasteiger partial charge in [0.25, 0.3) is 0 Å². The largest absolute Gasteiger partial charge is 0.468 e. The van der Waals surface area contributed by atoms with Crippen LogP contribution in [0.15, 0.2) is 16.7 Å². The molecule has 0 atom stereocenters. The van der Waals surface area contributed by atoms with Crippen LogP contribution in [0.2, 0.25) is 5.02 Å². The van der Waals surface area contributed by atoms with Crippen LogP contribution < -0.4 is 0 Å². The summed E-state index contributed by atoms with van der Waals surface area (Å²) >= 11 is 9.10. The second-order valence-corrected chi connectivity index (χ2v) is 4.89. The average Bonchev–Trinajstić information content (AvgIpc) is 2.15. The maximum absolute atomic E-state index is 11.6. The maximum atomic E-state index is 11.6. The normalized spacial score (nSPS) is 11.3. The lowest BCUT2D eigenvalue weighted by atomic mass is 9.89. The Balaban J connectivity index is 3.21. The molecule has 0 N–H and O–H groups in total. The molecule has 5 heteroatoms. The molecule has 0 bridgehead atoms. The van der Waals surface area contributed by atoms with Gasteiger partial charge in [0.1, 0.15) is 5.41 Å². The van der Waals surface area contributed by atoms with Gasteiger partial charge in [-0.1, -0.05) is 11.6 Å². The molecule has 82 valence electrons. The van der Waals surface area contributed by atoms with E-state index in [1.54, 1.807) is 19.9 Å². The number of nitrogens with zero attached hydrogens (tertiary/aromatic N) is 1. The number of rotatable bonds is 2. The smallest absolute Gasteiger partial charge is 0.317 e. The molecule has 15 heavy (non-hydrogen) atoms. The van der Waals surface area contributed by atoms with Crippen LogP contribution in [0.3, 0.4) is 0 Å². The van der Waals surface area contributed by atoms with Crippen molar-refractivity contribution in [3.05, 3.63) is 27.5 Å². The van der Waals surface area contributed by atoms with E-state index in [2.05, 4.69) is 20.9 Å². The number of carbonyl (C=O) groups is 1. The summed E-state index contributed by atoms with van der Waals surface area (Å²) in [5.41, 5.74) is -0.184. The van der Waals surface area contributed by atoms with E-state index in [9.17, 15) is 4.79 Å². The van der Waals surface area contributed by atoms with Gasteiger partial charge in [-0.25, -0.2) is 0 Å². The van der Waals surface area contributed by atoms with E-state index in [1.807, 2.05) is 0 Å². The first kappa shape index (κ1) is 12.5. The number of hydrogen-bond donors (Lipinski definition) is 0. The van der Waals surface area contributed by atoms with Crippen molar-refractivity contribution >= 4 is 33.5 Å². The third kappa shape index (κ3) is 2.49. The molecule has 1 aromatic heterocycles. The van der Waals surface area contributed by atoms with Gasteiger partial charge in [0.2, 0.25) is 0 Å². The van der Waals surface area contributed by atoms with Gasteiger partial charge in [0.05, 0.1) is 17.8 Å². The zero-order chi connectivity index (χ0) is 11.6. The van der Waals surface area contributed by atoms with Gasteiger partial charge in [0.15, 0.2) is 0 Å². The van der Waals surface area contributed by atoms with Crippen LogP contribution in [0.5, 0.6) is 0 Å². The molecule has 0 aliphatic carbocycles. The van der Waals surface area contributed by atoms with Crippen molar-refractivity contribution in [2.75, 3.05) is 7.11 Å². The summed E-state index contributed by atoms with van der Waals surface area (Å²) in [6, 6.07) is 1.70. The molecule has 1 heterocycles. The van der Waals surface area contributed by atoms with Gasteiger partial charge in [0, 0.05) is 10.7 Å². The summed E-state index contributed by atoms with van der Waals surface area (Å²) in [4.78, 5) is 15.7. The van der Waals surface area contributed by atoms with Crippen LogP contribution in [0, 0.1) is 0 Å². The van der Waals surface area contributed by atoms with Gasteiger partial charge in [-0.15, -0.1) is 0 Å². The van der Waals surface area contributed by atoms with Crippen molar-refractivity contribution in [1.29, 1.82) is 0 Å². The first-order valence-electron chi connectivity index (χ1n) is 4.29. The lowest BCUT2D eigenvalue weighted by molar-refractivity contribution is -0.146. The summed E-state index contributed by atoms with van der Waals surface area (Å²) < 4.78 is 5.42. The molecule has 0 aliphatic heterocycles. The van der Waals surface area contributed by atoms with Gasteiger partial charge >= 0.3 is 5.97 Å². The molecule has 0 aromatic carbocycles. The number of methoxy groups -OCH3 is 1. The minimum atomic E-state index is -0.793. The third-order valence-electron chi connectivity index (χ3n) is 2.10. The Morgan fingerprint density at radius 1 is 1.60 bits per heavy atom. The highest BCUT2D eigenvalue weighted by molar-refractivity contribution is 9.10. The van der Waals surface area contributed by atoms with E-state index in [-0.39, 0.29) is 5.97 Å². The van der Waals surface area contributed by atoms with Crippen LogP contribution in [-0.4, -0.2) is 18.1 Å². The molecule has 0 unspecified atom stereocenters. The highest BCUT2D eigenvalue weighted by atomic mass is 79.9. The minimum absolute atomic E-state index is 0.335. The zero-order valence-electron chi connectivity index (χ0n) is 8.67. The highest BCUT2D eigenvalue weighted by Crippen LogP contribution is 2.30. The fourth-order valence-corrected chi connectivity index (χ4v) is 2.36. The van der Waals surface area contributed by atoms with Crippen molar-refractivity contribution in [2.45, 2.75) is 19.3 Å². The topological polar surface area (TPSA) is 39.2 Å². The van der Waals surface area contributed by atoms with Gasteiger partial charge in [-0.05, 0) is 35.8 Å². The van der Waals surface area contributed by atoms with Crippen LogP contribution in [0.25, 0.3) is 0 Å². The third-order valence-corrected chi connectivity index (χ3v) is 2.91. The molecular weight excluding hydrogens is 281 g/mol. The molecule has 0 saturated carbocycles. The lowest BCUT2D eigenvalue weighted by Gasteiger charge is -2.21. The Labute approximate surface area is 102 Å². The number of aromatic nitrogens is 1. The Bertz CT molecular complexity index is 393. The minimum Gasteiger partial charge on any atom is -0.468 e. The van der Waals surface area contributed by atoms with Crippen LogP contribution in [0.1, 0.15) is 19.5 Å². The molecule has 0 spiro atoms. The summed E-state index contributed by atoms with van der Waals surface area (Å²) in [6.45, 7) is 3.50. The fourth-order valence-electron chi connectivity index (χ4n) is 1.23. The Morgan fingerprint density at radius 3 is 2.67 bits per heavy atom. The highest BCUT2D eigenvalue weighted by Gasteiger charge is 2.34. The lowest BCUT2D eigenvalue weighted by Crippen LogP contribution is -2.31. The maximum Gasteiger partial charge on any atom is 0.317 e. The van der Waals surface area contributed by atoms with Gasteiger partial charge in [-0.3, -0.25) is 9.78 Å². The molecule has 0 radical (unpaired) electrons.